The molecule has 0 radical (unpaired) electrons. The van der Waals surface area contributed by atoms with Gasteiger partial charge in [-0.05, 0) is 24.3 Å². The molecule has 140 valence electrons. The van der Waals surface area contributed by atoms with E-state index < -0.39 is 11.7 Å². The van der Waals surface area contributed by atoms with Crippen LogP contribution in [0.15, 0.2) is 48.9 Å². The molecule has 0 bridgehead atoms. The molecule has 1 aliphatic rings. The molecule has 0 N–H and O–H groups in total. The molecule has 1 aliphatic heterocycles. The standard InChI is InChI=1S/C19H17F3N4O/c20-19(21,22)13-3-4-17(25-12-13)27-14-6-10-26(11-7-14)16-5-9-23-15-2-1-8-24-18(15)16/h1-5,8-9,12,14H,6-7,10-11H2. The van der Waals surface area contributed by atoms with Crippen molar-refractivity contribution in [3.63, 3.8) is 0 Å². The lowest BCUT2D eigenvalue weighted by Crippen LogP contribution is -2.38. The maximum atomic E-state index is 12.6. The fourth-order valence-corrected chi connectivity index (χ4v) is 3.22. The Hall–Kier alpha value is -2.90. The van der Waals surface area contributed by atoms with Gasteiger partial charge in [-0.15, -0.1) is 0 Å². The lowest BCUT2D eigenvalue weighted by molar-refractivity contribution is -0.137. The maximum absolute atomic E-state index is 12.6. The smallest absolute Gasteiger partial charge is 0.417 e. The zero-order chi connectivity index (χ0) is 18.9. The van der Waals surface area contributed by atoms with Gasteiger partial charge >= 0.3 is 6.18 Å². The molecule has 4 rings (SSSR count). The van der Waals surface area contributed by atoms with Crippen molar-refractivity contribution in [3.8, 4) is 5.88 Å². The van der Waals surface area contributed by atoms with E-state index in [0.29, 0.717) is 0 Å². The van der Waals surface area contributed by atoms with Crippen LogP contribution in [0.3, 0.4) is 0 Å². The molecule has 0 spiro atoms. The quantitative estimate of drug-likeness (QED) is 0.691. The summed E-state index contributed by atoms with van der Waals surface area (Å²) in [5.41, 5.74) is 1.97. The van der Waals surface area contributed by atoms with Crippen LogP contribution in [0.4, 0.5) is 18.9 Å². The highest BCUT2D eigenvalue weighted by Gasteiger charge is 2.31. The number of alkyl halides is 3. The molecule has 3 aromatic heterocycles. The number of ether oxygens (including phenoxy) is 1. The molecule has 0 aliphatic carbocycles. The Labute approximate surface area is 153 Å². The number of piperidine rings is 1. The van der Waals surface area contributed by atoms with E-state index in [1.807, 2.05) is 18.2 Å². The summed E-state index contributed by atoms with van der Waals surface area (Å²) in [5, 5.41) is 0. The van der Waals surface area contributed by atoms with Crippen LogP contribution in [0.25, 0.3) is 11.0 Å². The lowest BCUT2D eigenvalue weighted by Gasteiger charge is -2.33. The monoisotopic (exact) mass is 374 g/mol. The van der Waals surface area contributed by atoms with Crippen molar-refractivity contribution in [2.45, 2.75) is 25.1 Å². The molecule has 4 heterocycles. The lowest BCUT2D eigenvalue weighted by atomic mass is 10.1. The Bertz CT molecular complexity index is 917. The Kier molecular flexibility index (Phi) is 4.55. The molecular formula is C19H17F3N4O. The first-order valence-corrected chi connectivity index (χ1v) is 8.65. The minimum absolute atomic E-state index is 0.0773. The highest BCUT2D eigenvalue weighted by molar-refractivity contribution is 5.87. The summed E-state index contributed by atoms with van der Waals surface area (Å²) in [6, 6.07) is 8.00. The summed E-state index contributed by atoms with van der Waals surface area (Å²) >= 11 is 0. The van der Waals surface area contributed by atoms with Crippen molar-refractivity contribution in [1.82, 2.24) is 15.0 Å². The normalized spacial score (nSPS) is 15.9. The van der Waals surface area contributed by atoms with Crippen molar-refractivity contribution in [2.24, 2.45) is 0 Å². The number of pyridine rings is 3. The highest BCUT2D eigenvalue weighted by atomic mass is 19.4. The molecule has 0 atom stereocenters. The predicted molar refractivity (Wildman–Crippen MR) is 94.6 cm³/mol. The number of aromatic nitrogens is 3. The molecule has 8 heteroatoms. The molecule has 0 amide bonds. The van der Waals surface area contributed by atoms with Gasteiger partial charge in [-0.25, -0.2) is 4.98 Å². The fourth-order valence-electron chi connectivity index (χ4n) is 3.22. The van der Waals surface area contributed by atoms with Crippen LogP contribution >= 0.6 is 0 Å². The van der Waals surface area contributed by atoms with E-state index in [-0.39, 0.29) is 12.0 Å². The second-order valence-electron chi connectivity index (χ2n) is 6.39. The van der Waals surface area contributed by atoms with Crippen molar-refractivity contribution < 1.29 is 17.9 Å². The average Bonchev–Trinajstić information content (AvgIpc) is 2.68. The first kappa shape index (κ1) is 17.5. The second kappa shape index (κ2) is 7.02. The topological polar surface area (TPSA) is 51.1 Å². The van der Waals surface area contributed by atoms with E-state index in [4.69, 9.17) is 4.74 Å². The third-order valence-electron chi connectivity index (χ3n) is 4.61. The molecule has 0 unspecified atom stereocenters. The number of hydrogen-bond donors (Lipinski definition) is 0. The van der Waals surface area contributed by atoms with Gasteiger partial charge in [-0.2, -0.15) is 13.2 Å². The number of anilines is 1. The van der Waals surface area contributed by atoms with E-state index in [0.717, 1.165) is 54.9 Å². The highest BCUT2D eigenvalue weighted by Crippen LogP contribution is 2.30. The van der Waals surface area contributed by atoms with Crippen LogP contribution in [0.1, 0.15) is 18.4 Å². The van der Waals surface area contributed by atoms with Crippen LogP contribution in [-0.4, -0.2) is 34.1 Å². The van der Waals surface area contributed by atoms with E-state index in [9.17, 15) is 13.2 Å². The van der Waals surface area contributed by atoms with Gasteiger partial charge < -0.3 is 9.64 Å². The van der Waals surface area contributed by atoms with Crippen LogP contribution in [-0.2, 0) is 6.18 Å². The van der Waals surface area contributed by atoms with Crippen LogP contribution in [0.2, 0.25) is 0 Å². The zero-order valence-electron chi connectivity index (χ0n) is 14.4. The van der Waals surface area contributed by atoms with Crippen molar-refractivity contribution >= 4 is 16.7 Å². The number of hydrogen-bond acceptors (Lipinski definition) is 5. The van der Waals surface area contributed by atoms with Crippen molar-refractivity contribution in [2.75, 3.05) is 18.0 Å². The largest absolute Gasteiger partial charge is 0.474 e. The van der Waals surface area contributed by atoms with Crippen LogP contribution in [0, 0.1) is 0 Å². The summed E-state index contributed by atoms with van der Waals surface area (Å²) in [6.07, 6.45) is 1.36. The summed E-state index contributed by atoms with van der Waals surface area (Å²) in [6.45, 7) is 1.53. The average molecular weight is 374 g/mol. The molecule has 5 nitrogen and oxygen atoms in total. The molecular weight excluding hydrogens is 357 g/mol. The molecule has 27 heavy (non-hydrogen) atoms. The van der Waals surface area contributed by atoms with Gasteiger partial charge in [0.05, 0.1) is 16.8 Å². The maximum Gasteiger partial charge on any atom is 0.417 e. The van der Waals surface area contributed by atoms with Gasteiger partial charge in [0.1, 0.15) is 11.6 Å². The Morgan fingerprint density at radius 3 is 2.48 bits per heavy atom. The number of rotatable bonds is 3. The SMILES string of the molecule is FC(F)(F)c1ccc(OC2CCN(c3ccnc4cccnc34)CC2)nc1. The third kappa shape index (κ3) is 3.79. The van der Waals surface area contributed by atoms with Crippen molar-refractivity contribution in [3.05, 3.63) is 54.5 Å². The van der Waals surface area contributed by atoms with Crippen molar-refractivity contribution in [1.29, 1.82) is 0 Å². The molecule has 0 aromatic carbocycles. The van der Waals surface area contributed by atoms with Gasteiger partial charge in [0.2, 0.25) is 5.88 Å². The van der Waals surface area contributed by atoms with Gasteiger partial charge in [0, 0.05) is 50.6 Å². The van der Waals surface area contributed by atoms with Gasteiger partial charge in [-0.3, -0.25) is 9.97 Å². The first-order chi connectivity index (χ1) is 13.0. The number of fused-ring (bicyclic) bond motifs is 1. The van der Waals surface area contributed by atoms with Crippen LogP contribution in [0.5, 0.6) is 5.88 Å². The predicted octanol–water partition coefficient (Wildman–Crippen LogP) is 4.09. The van der Waals surface area contributed by atoms with E-state index in [2.05, 4.69) is 19.9 Å². The minimum Gasteiger partial charge on any atom is -0.474 e. The zero-order valence-corrected chi connectivity index (χ0v) is 14.4. The summed E-state index contributed by atoms with van der Waals surface area (Å²) in [7, 11) is 0. The van der Waals surface area contributed by atoms with Gasteiger partial charge in [0.25, 0.3) is 0 Å². The fraction of sp³-hybridized carbons (Fsp3) is 0.316. The Morgan fingerprint density at radius 2 is 1.78 bits per heavy atom. The summed E-state index contributed by atoms with van der Waals surface area (Å²) < 4.78 is 43.6. The van der Waals surface area contributed by atoms with E-state index in [1.165, 1.54) is 6.07 Å². The second-order valence-corrected chi connectivity index (χ2v) is 6.39. The number of halogens is 3. The molecule has 3 aromatic rings. The molecule has 0 saturated carbocycles. The summed E-state index contributed by atoms with van der Waals surface area (Å²) in [5.74, 6) is 0.220. The van der Waals surface area contributed by atoms with E-state index in [1.54, 1.807) is 12.4 Å². The third-order valence-corrected chi connectivity index (χ3v) is 4.61. The van der Waals surface area contributed by atoms with Gasteiger partial charge in [0.15, 0.2) is 0 Å². The van der Waals surface area contributed by atoms with Crippen LogP contribution < -0.4 is 9.64 Å². The van der Waals surface area contributed by atoms with Gasteiger partial charge in [-0.1, -0.05) is 0 Å². The summed E-state index contributed by atoms with van der Waals surface area (Å²) in [4.78, 5) is 14.8. The minimum atomic E-state index is -4.39. The Balaban J connectivity index is 1.40. The first-order valence-electron chi connectivity index (χ1n) is 8.65. The molecule has 1 saturated heterocycles. The number of nitrogens with zero attached hydrogens (tertiary/aromatic N) is 4. The Morgan fingerprint density at radius 1 is 0.963 bits per heavy atom. The molecule has 1 fully saturated rings. The van der Waals surface area contributed by atoms with E-state index >= 15 is 0 Å².